The highest BCUT2D eigenvalue weighted by Gasteiger charge is 2.34. The highest BCUT2D eigenvalue weighted by molar-refractivity contribution is 6.32. The number of nitrogen functional groups attached to an aromatic ring is 1. The second kappa shape index (κ2) is 12.5. The predicted octanol–water partition coefficient (Wildman–Crippen LogP) is 1.87. The van der Waals surface area contributed by atoms with Crippen molar-refractivity contribution in [2.45, 2.75) is 44.8 Å². The monoisotopic (exact) mass is 526 g/mol. The molecule has 4 N–H and O–H groups in total. The van der Waals surface area contributed by atoms with E-state index in [1.807, 2.05) is 24.3 Å². The number of rotatable bonds is 8. The van der Waals surface area contributed by atoms with Gasteiger partial charge in [0.25, 0.3) is 5.91 Å². The molecule has 37 heavy (non-hydrogen) atoms. The number of aliphatic hydroxyl groups is 1. The van der Waals surface area contributed by atoms with Crippen molar-refractivity contribution in [2.24, 2.45) is 0 Å². The van der Waals surface area contributed by atoms with Gasteiger partial charge in [0.1, 0.15) is 0 Å². The Morgan fingerprint density at radius 1 is 1.22 bits per heavy atom. The largest absolute Gasteiger partial charge is 0.395 e. The number of likely N-dealkylation sites (tertiary alicyclic amines) is 1. The molecule has 1 amide bonds. The van der Waals surface area contributed by atoms with Crippen LogP contribution in [0.5, 0.6) is 0 Å². The van der Waals surface area contributed by atoms with Gasteiger partial charge in [-0.2, -0.15) is 5.26 Å². The molecule has 0 radical (unpaired) electrons. The van der Waals surface area contributed by atoms with Crippen LogP contribution in [0.2, 0.25) is 5.15 Å². The second-order valence-corrected chi connectivity index (χ2v) is 9.97. The maximum Gasteiger partial charge on any atom is 0.273 e. The highest BCUT2D eigenvalue weighted by Crippen LogP contribution is 2.30. The first kappa shape index (κ1) is 27.1. The van der Waals surface area contributed by atoms with Crippen molar-refractivity contribution in [3.05, 3.63) is 46.2 Å². The van der Waals surface area contributed by atoms with Gasteiger partial charge in [0.15, 0.2) is 22.5 Å². The number of carbonyl (C=O) groups is 1. The summed E-state index contributed by atoms with van der Waals surface area (Å²) in [5.41, 5.74) is 7.96. The topological polar surface area (TPSA) is 135 Å². The van der Waals surface area contributed by atoms with Crippen molar-refractivity contribution < 1.29 is 9.90 Å². The van der Waals surface area contributed by atoms with Crippen molar-refractivity contribution in [1.82, 2.24) is 25.1 Å². The third-order valence-corrected chi connectivity index (χ3v) is 7.54. The van der Waals surface area contributed by atoms with Gasteiger partial charge in [-0.3, -0.25) is 14.6 Å². The van der Waals surface area contributed by atoms with Gasteiger partial charge in [-0.1, -0.05) is 30.7 Å². The standard InChI is InChI=1S/C26H35ClN8O2/c1-2-20-17-34(25-23(27)31-22(24(29)32-25)26(37)30-9-14-36)12-13-35(20)21-7-10-33(11-8-21)16-19-5-3-18(15-28)4-6-19/h3-6,20-21,36H,2,7-14,16-17H2,1H3,(H2,29,32)(H,30,37)/t20-/m0/s1. The molecule has 2 fully saturated rings. The predicted molar refractivity (Wildman–Crippen MR) is 143 cm³/mol. The summed E-state index contributed by atoms with van der Waals surface area (Å²) in [7, 11) is 0. The number of benzene rings is 1. The zero-order valence-corrected chi connectivity index (χ0v) is 22.0. The Kier molecular flexibility index (Phi) is 9.16. The third-order valence-electron chi connectivity index (χ3n) is 7.29. The summed E-state index contributed by atoms with van der Waals surface area (Å²) in [5, 5.41) is 20.6. The number of nitrogens with one attached hydrogen (secondary N) is 1. The number of carbonyl (C=O) groups excluding carboxylic acids is 1. The lowest BCUT2D eigenvalue weighted by Gasteiger charge is -2.47. The van der Waals surface area contributed by atoms with Crippen molar-refractivity contribution in [1.29, 1.82) is 5.26 Å². The van der Waals surface area contributed by atoms with Gasteiger partial charge in [0.2, 0.25) is 0 Å². The first-order valence-electron chi connectivity index (χ1n) is 12.9. The van der Waals surface area contributed by atoms with Crippen LogP contribution in [0.1, 0.15) is 47.8 Å². The zero-order chi connectivity index (χ0) is 26.4. The molecule has 1 atom stereocenters. The first-order valence-corrected chi connectivity index (χ1v) is 13.2. The lowest BCUT2D eigenvalue weighted by atomic mass is 9.97. The van der Waals surface area contributed by atoms with E-state index in [1.165, 1.54) is 5.56 Å². The van der Waals surface area contributed by atoms with Crippen LogP contribution in [0.3, 0.4) is 0 Å². The molecule has 2 aliphatic heterocycles. The Balaban J connectivity index is 1.35. The van der Waals surface area contributed by atoms with Gasteiger partial charge in [-0.25, -0.2) is 9.97 Å². The molecular weight excluding hydrogens is 492 g/mol. The van der Waals surface area contributed by atoms with Crippen LogP contribution in [-0.2, 0) is 6.54 Å². The minimum Gasteiger partial charge on any atom is -0.395 e. The number of anilines is 2. The molecule has 2 saturated heterocycles. The number of hydrogen-bond donors (Lipinski definition) is 3. The molecule has 1 aromatic carbocycles. The molecule has 1 aromatic heterocycles. The molecule has 11 heteroatoms. The Morgan fingerprint density at radius 3 is 2.59 bits per heavy atom. The molecule has 10 nitrogen and oxygen atoms in total. The SMILES string of the molecule is CC[C@H]1CN(c2nc(N)c(C(=O)NCCO)nc2Cl)CCN1C1CCN(Cc2ccc(C#N)cc2)CC1. The van der Waals surface area contributed by atoms with Gasteiger partial charge in [0.05, 0.1) is 18.2 Å². The summed E-state index contributed by atoms with van der Waals surface area (Å²) in [4.78, 5) is 28.1. The molecule has 2 aliphatic rings. The number of nitrogens with zero attached hydrogens (tertiary/aromatic N) is 6. The van der Waals surface area contributed by atoms with Crippen LogP contribution in [0.15, 0.2) is 24.3 Å². The number of halogens is 1. The first-order chi connectivity index (χ1) is 17.9. The minimum atomic E-state index is -0.505. The van der Waals surface area contributed by atoms with E-state index in [-0.39, 0.29) is 29.8 Å². The number of piperazine rings is 1. The molecular formula is C26H35ClN8O2. The van der Waals surface area contributed by atoms with Crippen LogP contribution in [0.4, 0.5) is 11.6 Å². The number of aliphatic hydroxyl groups excluding tert-OH is 1. The van der Waals surface area contributed by atoms with E-state index in [1.54, 1.807) is 0 Å². The third kappa shape index (κ3) is 6.48. The molecule has 0 spiro atoms. The van der Waals surface area contributed by atoms with Crippen molar-refractivity contribution in [2.75, 3.05) is 56.5 Å². The van der Waals surface area contributed by atoms with Crippen molar-refractivity contribution >= 4 is 29.1 Å². The summed E-state index contributed by atoms with van der Waals surface area (Å²) in [5.74, 6) is 0.0300. The maximum atomic E-state index is 12.2. The van der Waals surface area contributed by atoms with Crippen LogP contribution < -0.4 is 16.0 Å². The van der Waals surface area contributed by atoms with Gasteiger partial charge in [-0.05, 0) is 50.0 Å². The molecule has 0 aliphatic carbocycles. The fourth-order valence-electron chi connectivity index (χ4n) is 5.30. The second-order valence-electron chi connectivity index (χ2n) is 9.61. The number of aromatic nitrogens is 2. The van der Waals surface area contributed by atoms with Crippen molar-refractivity contribution in [3.8, 4) is 6.07 Å². The van der Waals surface area contributed by atoms with Crippen LogP contribution in [0, 0.1) is 11.3 Å². The Labute approximate surface area is 223 Å². The van der Waals surface area contributed by atoms with E-state index in [2.05, 4.69) is 43.0 Å². The van der Waals surface area contributed by atoms with E-state index < -0.39 is 5.91 Å². The summed E-state index contributed by atoms with van der Waals surface area (Å²) in [6.07, 6.45) is 3.25. The van der Waals surface area contributed by atoms with E-state index in [0.717, 1.165) is 58.5 Å². The average Bonchev–Trinajstić information content (AvgIpc) is 2.93. The van der Waals surface area contributed by atoms with Crippen molar-refractivity contribution in [3.63, 3.8) is 0 Å². The van der Waals surface area contributed by atoms with E-state index in [4.69, 9.17) is 27.7 Å². The Hall–Kier alpha value is -2.97. The summed E-state index contributed by atoms with van der Waals surface area (Å²) < 4.78 is 0. The minimum absolute atomic E-state index is 0.0272. The summed E-state index contributed by atoms with van der Waals surface area (Å²) >= 11 is 6.45. The smallest absolute Gasteiger partial charge is 0.273 e. The normalized spacial score (nSPS) is 19.5. The number of nitriles is 1. The van der Waals surface area contributed by atoms with Gasteiger partial charge < -0.3 is 21.1 Å². The van der Waals surface area contributed by atoms with Gasteiger partial charge in [0, 0.05) is 44.8 Å². The van der Waals surface area contributed by atoms with Gasteiger partial charge in [-0.15, -0.1) is 0 Å². The molecule has 198 valence electrons. The summed E-state index contributed by atoms with van der Waals surface area (Å²) in [6.45, 7) is 7.57. The maximum absolute atomic E-state index is 12.2. The van der Waals surface area contributed by atoms with Crippen LogP contribution in [0.25, 0.3) is 0 Å². The lowest BCUT2D eigenvalue weighted by molar-refractivity contribution is 0.0610. The Bertz CT molecular complexity index is 1110. The van der Waals surface area contributed by atoms with Gasteiger partial charge >= 0.3 is 0 Å². The zero-order valence-electron chi connectivity index (χ0n) is 21.2. The average molecular weight is 527 g/mol. The Morgan fingerprint density at radius 2 is 1.95 bits per heavy atom. The molecule has 0 unspecified atom stereocenters. The molecule has 2 aromatic rings. The fraction of sp³-hybridized carbons (Fsp3) is 0.538. The van der Waals surface area contributed by atoms with Crippen LogP contribution >= 0.6 is 11.6 Å². The number of amides is 1. The quantitative estimate of drug-likeness (QED) is 0.471. The molecule has 0 saturated carbocycles. The number of piperidine rings is 1. The fourth-order valence-corrected chi connectivity index (χ4v) is 5.54. The van der Waals surface area contributed by atoms with E-state index in [0.29, 0.717) is 23.5 Å². The molecule has 4 rings (SSSR count). The van der Waals surface area contributed by atoms with E-state index >= 15 is 0 Å². The molecule has 0 bridgehead atoms. The van der Waals surface area contributed by atoms with Crippen LogP contribution in [-0.4, -0.2) is 88.7 Å². The number of hydrogen-bond acceptors (Lipinski definition) is 9. The molecule has 3 heterocycles. The highest BCUT2D eigenvalue weighted by atomic mass is 35.5. The lowest BCUT2D eigenvalue weighted by Crippen LogP contribution is -2.58. The summed E-state index contributed by atoms with van der Waals surface area (Å²) in [6, 6.07) is 10.9. The van der Waals surface area contributed by atoms with E-state index in [9.17, 15) is 4.79 Å². The number of nitrogens with two attached hydrogens (primary N) is 1.